The summed E-state index contributed by atoms with van der Waals surface area (Å²) in [4.78, 5) is 13.1. The van der Waals surface area contributed by atoms with Crippen LogP contribution in [0.4, 0.5) is 10.3 Å². The zero-order valence-corrected chi connectivity index (χ0v) is 17.6. The van der Waals surface area contributed by atoms with E-state index in [1.807, 2.05) is 31.3 Å². The number of aromatic nitrogens is 4. The van der Waals surface area contributed by atoms with Crippen LogP contribution >= 0.6 is 0 Å². The van der Waals surface area contributed by atoms with Gasteiger partial charge in [-0.15, -0.1) is 0 Å². The molecule has 0 bridgehead atoms. The van der Waals surface area contributed by atoms with Crippen molar-refractivity contribution in [2.75, 3.05) is 12.8 Å². The van der Waals surface area contributed by atoms with Gasteiger partial charge in [0, 0.05) is 35.6 Å². The van der Waals surface area contributed by atoms with E-state index in [1.54, 1.807) is 18.5 Å². The minimum atomic E-state index is -0.280. The van der Waals surface area contributed by atoms with Crippen molar-refractivity contribution in [1.29, 1.82) is 0 Å². The minimum Gasteiger partial charge on any atom is -0.368 e. The van der Waals surface area contributed by atoms with Crippen molar-refractivity contribution < 1.29 is 4.39 Å². The molecule has 2 aromatic heterocycles. The standard InChI is InChI=1S/C23H25FN6/c1-23(2,3)30-20-8-6-14(16-12-27-22(25)28-13-16)9-19(20)29-21(30)18-10-17(24)7-5-15(18)11-26-4/h5-10,12-13,26H,11H2,1-4H3,(H2,25,27,28). The SMILES string of the molecule is CNCc1ccc(F)cc1-c1nc2cc(-c3cnc(N)nc3)ccc2n1C(C)(C)C. The van der Waals surface area contributed by atoms with Gasteiger partial charge in [-0.2, -0.15) is 0 Å². The maximum atomic E-state index is 14.2. The second-order valence-corrected chi connectivity index (χ2v) is 8.31. The molecular weight excluding hydrogens is 379 g/mol. The largest absolute Gasteiger partial charge is 0.368 e. The van der Waals surface area contributed by atoms with Crippen LogP contribution < -0.4 is 11.1 Å². The van der Waals surface area contributed by atoms with Gasteiger partial charge in [0.05, 0.1) is 11.0 Å². The highest BCUT2D eigenvalue weighted by Gasteiger charge is 2.24. The van der Waals surface area contributed by atoms with E-state index in [2.05, 4.69) is 40.6 Å². The molecule has 7 heteroatoms. The van der Waals surface area contributed by atoms with E-state index in [4.69, 9.17) is 10.7 Å². The first-order valence-corrected chi connectivity index (χ1v) is 9.82. The lowest BCUT2D eigenvalue weighted by molar-refractivity contribution is 0.413. The number of hydrogen-bond acceptors (Lipinski definition) is 5. The first kappa shape index (κ1) is 20.0. The van der Waals surface area contributed by atoms with Crippen molar-refractivity contribution in [3.63, 3.8) is 0 Å². The van der Waals surface area contributed by atoms with Crippen LogP contribution in [0.25, 0.3) is 33.5 Å². The molecule has 0 aliphatic rings. The third kappa shape index (κ3) is 3.64. The fourth-order valence-electron chi connectivity index (χ4n) is 3.71. The number of benzene rings is 2. The number of anilines is 1. The van der Waals surface area contributed by atoms with Gasteiger partial charge in [-0.05, 0) is 63.2 Å². The zero-order valence-electron chi connectivity index (χ0n) is 17.6. The van der Waals surface area contributed by atoms with Crippen LogP contribution in [0.15, 0.2) is 48.8 Å². The normalized spacial score (nSPS) is 11.9. The molecule has 0 saturated carbocycles. The molecule has 2 aromatic carbocycles. The van der Waals surface area contributed by atoms with Crippen molar-refractivity contribution in [2.24, 2.45) is 0 Å². The molecule has 4 rings (SSSR count). The number of halogens is 1. The molecular formula is C23H25FN6. The highest BCUT2D eigenvalue weighted by molar-refractivity contribution is 5.86. The van der Waals surface area contributed by atoms with Crippen LogP contribution in [0.1, 0.15) is 26.3 Å². The van der Waals surface area contributed by atoms with Crippen LogP contribution in [0.3, 0.4) is 0 Å². The predicted molar refractivity (Wildman–Crippen MR) is 118 cm³/mol. The van der Waals surface area contributed by atoms with Crippen molar-refractivity contribution in [3.8, 4) is 22.5 Å². The summed E-state index contributed by atoms with van der Waals surface area (Å²) in [5, 5.41) is 3.16. The van der Waals surface area contributed by atoms with E-state index in [0.29, 0.717) is 6.54 Å². The molecule has 0 spiro atoms. The number of nitrogens with two attached hydrogens (primary N) is 1. The quantitative estimate of drug-likeness (QED) is 0.528. The lowest BCUT2D eigenvalue weighted by Crippen LogP contribution is -2.23. The highest BCUT2D eigenvalue weighted by atomic mass is 19.1. The molecule has 3 N–H and O–H groups in total. The van der Waals surface area contributed by atoms with Gasteiger partial charge in [0.25, 0.3) is 0 Å². The van der Waals surface area contributed by atoms with Gasteiger partial charge in [0.1, 0.15) is 11.6 Å². The summed E-state index contributed by atoms with van der Waals surface area (Å²) in [5.41, 5.74) is 10.8. The van der Waals surface area contributed by atoms with Gasteiger partial charge in [0.15, 0.2) is 0 Å². The van der Waals surface area contributed by atoms with Crippen LogP contribution in [0, 0.1) is 5.82 Å². The Balaban J connectivity index is 1.96. The molecule has 4 aromatic rings. The zero-order chi connectivity index (χ0) is 21.5. The number of fused-ring (bicyclic) bond motifs is 1. The van der Waals surface area contributed by atoms with Gasteiger partial charge in [-0.1, -0.05) is 12.1 Å². The summed E-state index contributed by atoms with van der Waals surface area (Å²) >= 11 is 0. The molecule has 0 unspecified atom stereocenters. The second kappa shape index (κ2) is 7.50. The van der Waals surface area contributed by atoms with Crippen molar-refractivity contribution in [1.82, 2.24) is 24.8 Å². The van der Waals surface area contributed by atoms with Gasteiger partial charge < -0.3 is 15.6 Å². The molecule has 154 valence electrons. The molecule has 0 atom stereocenters. The number of hydrogen-bond donors (Lipinski definition) is 2. The second-order valence-electron chi connectivity index (χ2n) is 8.31. The molecule has 6 nitrogen and oxygen atoms in total. The van der Waals surface area contributed by atoms with Crippen LogP contribution in [0.5, 0.6) is 0 Å². The summed E-state index contributed by atoms with van der Waals surface area (Å²) in [6, 6.07) is 10.9. The van der Waals surface area contributed by atoms with Crippen molar-refractivity contribution in [2.45, 2.75) is 32.9 Å². The van der Waals surface area contributed by atoms with E-state index >= 15 is 0 Å². The fraction of sp³-hybridized carbons (Fsp3) is 0.261. The van der Waals surface area contributed by atoms with E-state index in [0.717, 1.165) is 39.1 Å². The number of rotatable bonds is 4. The summed E-state index contributed by atoms with van der Waals surface area (Å²) in [6.07, 6.45) is 3.39. The fourth-order valence-corrected chi connectivity index (χ4v) is 3.71. The van der Waals surface area contributed by atoms with Crippen molar-refractivity contribution >= 4 is 17.0 Å². The Kier molecular flexibility index (Phi) is 4.99. The first-order valence-electron chi connectivity index (χ1n) is 9.82. The lowest BCUT2D eigenvalue weighted by atomic mass is 10.0. The Morgan fingerprint density at radius 3 is 2.43 bits per heavy atom. The number of nitrogen functional groups attached to an aromatic ring is 1. The topological polar surface area (TPSA) is 81.7 Å². The van der Waals surface area contributed by atoms with Crippen LogP contribution in [0.2, 0.25) is 0 Å². The predicted octanol–water partition coefficient (Wildman–Crippen LogP) is 4.36. The maximum absolute atomic E-state index is 14.2. The Morgan fingerprint density at radius 2 is 1.77 bits per heavy atom. The van der Waals surface area contributed by atoms with Crippen LogP contribution in [-0.4, -0.2) is 26.6 Å². The maximum Gasteiger partial charge on any atom is 0.219 e. The minimum absolute atomic E-state index is 0.238. The Morgan fingerprint density at radius 1 is 1.03 bits per heavy atom. The third-order valence-corrected chi connectivity index (χ3v) is 5.01. The Hall–Kier alpha value is -3.32. The number of imidazole rings is 1. The van der Waals surface area contributed by atoms with E-state index in [-0.39, 0.29) is 17.3 Å². The van der Waals surface area contributed by atoms with E-state index in [1.165, 1.54) is 6.07 Å². The third-order valence-electron chi connectivity index (χ3n) is 5.01. The first-order chi connectivity index (χ1) is 14.3. The molecule has 0 aliphatic heterocycles. The smallest absolute Gasteiger partial charge is 0.219 e. The number of nitrogens with zero attached hydrogens (tertiary/aromatic N) is 4. The molecule has 0 aliphatic carbocycles. The van der Waals surface area contributed by atoms with E-state index in [9.17, 15) is 4.39 Å². The van der Waals surface area contributed by atoms with E-state index < -0.39 is 0 Å². The lowest BCUT2D eigenvalue weighted by Gasteiger charge is -2.25. The molecule has 0 radical (unpaired) electrons. The summed E-state index contributed by atoms with van der Waals surface area (Å²) < 4.78 is 16.4. The average molecular weight is 404 g/mol. The van der Waals surface area contributed by atoms with Gasteiger partial charge in [0.2, 0.25) is 5.95 Å². The van der Waals surface area contributed by atoms with Gasteiger partial charge in [-0.3, -0.25) is 0 Å². The monoisotopic (exact) mass is 404 g/mol. The summed E-state index contributed by atoms with van der Waals surface area (Å²) in [7, 11) is 1.88. The Bertz CT molecular complexity index is 1210. The molecule has 0 saturated heterocycles. The number of nitrogens with one attached hydrogen (secondary N) is 1. The van der Waals surface area contributed by atoms with Gasteiger partial charge >= 0.3 is 0 Å². The van der Waals surface area contributed by atoms with Crippen molar-refractivity contribution in [3.05, 3.63) is 60.2 Å². The van der Waals surface area contributed by atoms with Gasteiger partial charge in [-0.25, -0.2) is 19.3 Å². The summed E-state index contributed by atoms with van der Waals surface area (Å²) in [5.74, 6) is 0.701. The molecule has 2 heterocycles. The average Bonchev–Trinajstić information content (AvgIpc) is 3.09. The van der Waals surface area contributed by atoms with Crippen LogP contribution in [-0.2, 0) is 12.1 Å². The highest BCUT2D eigenvalue weighted by Crippen LogP contribution is 2.35. The molecule has 0 amide bonds. The molecule has 0 fully saturated rings. The Labute approximate surface area is 175 Å². The molecule has 30 heavy (non-hydrogen) atoms. The summed E-state index contributed by atoms with van der Waals surface area (Å²) in [6.45, 7) is 6.99.